The van der Waals surface area contributed by atoms with Crippen molar-refractivity contribution in [2.24, 2.45) is 0 Å². The molecule has 0 aliphatic carbocycles. The second-order valence-corrected chi connectivity index (χ2v) is 14.5. The highest BCUT2D eigenvalue weighted by molar-refractivity contribution is 6.76. The van der Waals surface area contributed by atoms with Crippen molar-refractivity contribution in [3.05, 3.63) is 95.1 Å². The summed E-state index contributed by atoms with van der Waals surface area (Å²) >= 11 is 0. The van der Waals surface area contributed by atoms with E-state index in [0.29, 0.717) is 6.61 Å². The molecule has 0 fully saturated rings. The lowest BCUT2D eigenvalue weighted by atomic mass is 9.96. The van der Waals surface area contributed by atoms with E-state index in [2.05, 4.69) is 99.4 Å². The maximum absolute atomic E-state index is 6.04. The molecular weight excluding hydrogens is 356 g/mol. The Morgan fingerprint density at radius 3 is 2.11 bits per heavy atom. The smallest absolute Gasteiger partial charge is 0.0719 e. The van der Waals surface area contributed by atoms with E-state index >= 15 is 0 Å². The van der Waals surface area contributed by atoms with E-state index in [9.17, 15) is 0 Å². The Hall–Kier alpha value is -2.16. The van der Waals surface area contributed by atoms with E-state index in [4.69, 9.17) is 4.74 Å². The number of benzene rings is 3. The van der Waals surface area contributed by atoms with Crippen molar-refractivity contribution in [1.82, 2.24) is 0 Å². The highest BCUT2D eigenvalue weighted by Gasteiger charge is 2.12. The maximum Gasteiger partial charge on any atom is 0.0719 e. The molecule has 0 heterocycles. The van der Waals surface area contributed by atoms with Crippen molar-refractivity contribution >= 4 is 8.07 Å². The Morgan fingerprint density at radius 2 is 1.43 bits per heavy atom. The molecule has 0 aliphatic rings. The quantitative estimate of drug-likeness (QED) is 0.295. The zero-order chi connectivity index (χ0) is 20.0. The molecule has 28 heavy (non-hydrogen) atoms. The normalized spacial score (nSPS) is 11.6. The molecule has 0 aromatic heterocycles. The fourth-order valence-corrected chi connectivity index (χ4v) is 4.04. The van der Waals surface area contributed by atoms with Gasteiger partial charge in [0.05, 0.1) is 6.61 Å². The van der Waals surface area contributed by atoms with Gasteiger partial charge in [-0.15, -0.1) is 0 Å². The van der Waals surface area contributed by atoms with Gasteiger partial charge in [-0.05, 0) is 47.2 Å². The van der Waals surface area contributed by atoms with Crippen molar-refractivity contribution in [1.29, 1.82) is 0 Å². The molecule has 0 atom stereocenters. The monoisotopic (exact) mass is 388 g/mol. The summed E-state index contributed by atoms with van der Waals surface area (Å²) in [6.45, 7) is 10.9. The fraction of sp³-hybridized carbons (Fsp3) is 0.308. The standard InChI is InChI=1S/C26H32OSi/c1-21-10-13-25(26(18-21)20-27-16-17-28(2,3)4)19-22-11-14-24(15-12-22)23-8-6-5-7-9-23/h5-15,18H,16-17,19-20H2,1-4H3. The van der Waals surface area contributed by atoms with Crippen LogP contribution >= 0.6 is 0 Å². The molecule has 0 amide bonds. The minimum atomic E-state index is -1.04. The Kier molecular flexibility index (Phi) is 6.87. The largest absolute Gasteiger partial charge is 0.377 e. The Balaban J connectivity index is 1.68. The average molecular weight is 389 g/mol. The second-order valence-electron chi connectivity index (χ2n) is 8.88. The van der Waals surface area contributed by atoms with Crippen molar-refractivity contribution in [2.45, 2.75) is 45.6 Å². The summed E-state index contributed by atoms with van der Waals surface area (Å²) in [6.07, 6.45) is 0.946. The lowest BCUT2D eigenvalue weighted by molar-refractivity contribution is 0.132. The fourth-order valence-electron chi connectivity index (χ4n) is 3.29. The van der Waals surface area contributed by atoms with Gasteiger partial charge >= 0.3 is 0 Å². The lowest BCUT2D eigenvalue weighted by Gasteiger charge is -2.16. The van der Waals surface area contributed by atoms with Gasteiger partial charge in [0.25, 0.3) is 0 Å². The molecule has 0 radical (unpaired) electrons. The molecule has 0 spiro atoms. The van der Waals surface area contributed by atoms with Gasteiger partial charge in [0.15, 0.2) is 0 Å². The molecule has 0 aliphatic heterocycles. The van der Waals surface area contributed by atoms with Crippen molar-refractivity contribution in [3.8, 4) is 11.1 Å². The zero-order valence-electron chi connectivity index (χ0n) is 17.7. The third-order valence-corrected chi connectivity index (χ3v) is 6.78. The van der Waals surface area contributed by atoms with Gasteiger partial charge in [-0.3, -0.25) is 0 Å². The predicted octanol–water partition coefficient (Wildman–Crippen LogP) is 7.11. The number of aryl methyl sites for hydroxylation is 1. The molecule has 0 saturated heterocycles. The summed E-state index contributed by atoms with van der Waals surface area (Å²) in [5, 5.41) is 0. The first-order valence-electron chi connectivity index (χ1n) is 10.2. The van der Waals surface area contributed by atoms with Crippen molar-refractivity contribution in [2.75, 3.05) is 6.61 Å². The zero-order valence-corrected chi connectivity index (χ0v) is 18.7. The summed E-state index contributed by atoms with van der Waals surface area (Å²) < 4.78 is 6.04. The van der Waals surface area contributed by atoms with E-state index in [0.717, 1.165) is 13.0 Å². The van der Waals surface area contributed by atoms with E-state index in [-0.39, 0.29) is 0 Å². The molecule has 3 rings (SSSR count). The Bertz CT molecular complexity index is 877. The van der Waals surface area contributed by atoms with Crippen LogP contribution < -0.4 is 0 Å². The van der Waals surface area contributed by atoms with Crippen LogP contribution in [-0.4, -0.2) is 14.7 Å². The van der Waals surface area contributed by atoms with Gasteiger partial charge in [-0.1, -0.05) is 98.0 Å². The van der Waals surface area contributed by atoms with Crippen LogP contribution in [0.2, 0.25) is 25.7 Å². The highest BCUT2D eigenvalue weighted by Crippen LogP contribution is 2.22. The van der Waals surface area contributed by atoms with Crippen molar-refractivity contribution in [3.63, 3.8) is 0 Å². The molecule has 3 aromatic rings. The average Bonchev–Trinajstić information content (AvgIpc) is 2.68. The number of ether oxygens (including phenoxy) is 1. The lowest BCUT2D eigenvalue weighted by Crippen LogP contribution is -2.21. The number of hydrogen-bond donors (Lipinski definition) is 0. The van der Waals surface area contributed by atoms with E-state index in [1.165, 1.54) is 39.4 Å². The maximum atomic E-state index is 6.04. The SMILES string of the molecule is Cc1ccc(Cc2ccc(-c3ccccc3)cc2)c(COCC[Si](C)(C)C)c1. The van der Waals surface area contributed by atoms with Crippen LogP contribution in [-0.2, 0) is 17.8 Å². The summed E-state index contributed by atoms with van der Waals surface area (Å²) in [6, 6.07) is 27.5. The van der Waals surface area contributed by atoms with Crippen LogP contribution in [0.5, 0.6) is 0 Å². The van der Waals surface area contributed by atoms with E-state index in [1.54, 1.807) is 0 Å². The number of rotatable bonds is 8. The predicted molar refractivity (Wildman–Crippen MR) is 124 cm³/mol. The summed E-state index contributed by atoms with van der Waals surface area (Å²) in [5.41, 5.74) is 7.86. The Morgan fingerprint density at radius 1 is 0.750 bits per heavy atom. The van der Waals surface area contributed by atoms with E-state index in [1.807, 2.05) is 0 Å². The number of hydrogen-bond acceptors (Lipinski definition) is 1. The van der Waals surface area contributed by atoms with Crippen molar-refractivity contribution < 1.29 is 4.74 Å². The molecule has 2 heteroatoms. The Labute approximate surface area is 171 Å². The molecule has 0 unspecified atom stereocenters. The summed E-state index contributed by atoms with van der Waals surface area (Å²) in [5.74, 6) is 0. The van der Waals surface area contributed by atoms with Crippen LogP contribution in [0.15, 0.2) is 72.8 Å². The van der Waals surface area contributed by atoms with E-state index < -0.39 is 8.07 Å². The minimum absolute atomic E-state index is 0.712. The second kappa shape index (κ2) is 9.36. The highest BCUT2D eigenvalue weighted by atomic mass is 28.3. The van der Waals surface area contributed by atoms with Gasteiger partial charge in [-0.25, -0.2) is 0 Å². The third-order valence-electron chi connectivity index (χ3n) is 5.07. The first-order chi connectivity index (χ1) is 13.4. The molecular formula is C26H32OSi. The first kappa shape index (κ1) is 20.6. The molecule has 0 saturated carbocycles. The van der Waals surface area contributed by atoms with Crippen LogP contribution in [0.1, 0.15) is 22.3 Å². The van der Waals surface area contributed by atoms with Crippen LogP contribution in [0, 0.1) is 6.92 Å². The van der Waals surface area contributed by atoms with Crippen LogP contribution in [0.3, 0.4) is 0 Å². The first-order valence-corrected chi connectivity index (χ1v) is 13.9. The van der Waals surface area contributed by atoms with Gasteiger partial charge in [-0.2, -0.15) is 0 Å². The van der Waals surface area contributed by atoms with Crippen LogP contribution in [0.25, 0.3) is 11.1 Å². The molecule has 0 bridgehead atoms. The third kappa shape index (κ3) is 6.18. The summed E-state index contributed by atoms with van der Waals surface area (Å²) in [7, 11) is -1.04. The molecule has 146 valence electrons. The topological polar surface area (TPSA) is 9.23 Å². The van der Waals surface area contributed by atoms with Gasteiger partial charge < -0.3 is 4.74 Å². The molecule has 0 N–H and O–H groups in total. The van der Waals surface area contributed by atoms with Crippen LogP contribution in [0.4, 0.5) is 0 Å². The van der Waals surface area contributed by atoms with Gasteiger partial charge in [0, 0.05) is 14.7 Å². The van der Waals surface area contributed by atoms with Gasteiger partial charge in [0.2, 0.25) is 0 Å². The van der Waals surface area contributed by atoms with Gasteiger partial charge in [0.1, 0.15) is 0 Å². The summed E-state index contributed by atoms with van der Waals surface area (Å²) in [4.78, 5) is 0. The molecule has 1 nitrogen and oxygen atoms in total. The molecule has 3 aromatic carbocycles. The minimum Gasteiger partial charge on any atom is -0.377 e.